The number of hydrogen-bond acceptors (Lipinski definition) is 5. The summed E-state index contributed by atoms with van der Waals surface area (Å²) in [5, 5.41) is 0. The van der Waals surface area contributed by atoms with E-state index >= 15 is 0 Å². The molecule has 0 saturated carbocycles. The molecule has 0 heterocycles. The van der Waals surface area contributed by atoms with Gasteiger partial charge >= 0.3 is 5.97 Å². The highest BCUT2D eigenvalue weighted by Gasteiger charge is 2.13. The number of unbranched alkanes of at least 4 members (excludes halogenated alkanes) is 1. The quantitative estimate of drug-likeness (QED) is 0.579. The number of halogens is 1. The molecule has 1 aromatic rings. The zero-order valence-corrected chi connectivity index (χ0v) is 13.4. The van der Waals surface area contributed by atoms with Crippen molar-refractivity contribution in [3.8, 4) is 11.5 Å². The molecule has 1 rings (SSSR count). The zero-order chi connectivity index (χ0) is 15.0. The average Bonchev–Trinajstić information content (AvgIpc) is 2.45. The molecule has 6 heteroatoms. The van der Waals surface area contributed by atoms with Crippen molar-refractivity contribution in [2.45, 2.75) is 26.3 Å². The van der Waals surface area contributed by atoms with E-state index < -0.39 is 5.97 Å². The molecule has 0 aliphatic rings. The molecule has 0 spiro atoms. The first-order valence-corrected chi connectivity index (χ1v) is 7.26. The molecule has 0 radical (unpaired) electrons. The van der Waals surface area contributed by atoms with Gasteiger partial charge in [0.05, 0.1) is 18.2 Å². The van der Waals surface area contributed by atoms with Crippen molar-refractivity contribution in [2.75, 3.05) is 20.3 Å². The van der Waals surface area contributed by atoms with Gasteiger partial charge in [-0.2, -0.15) is 0 Å². The Morgan fingerprint density at radius 3 is 2.75 bits per heavy atom. The van der Waals surface area contributed by atoms with Crippen molar-refractivity contribution >= 4 is 21.9 Å². The largest absolute Gasteiger partial charge is 0.493 e. The molecule has 1 aromatic carbocycles. The molecule has 20 heavy (non-hydrogen) atoms. The predicted molar refractivity (Wildman–Crippen MR) is 79.9 cm³/mol. The van der Waals surface area contributed by atoms with Crippen LogP contribution in [-0.4, -0.2) is 26.3 Å². The summed E-state index contributed by atoms with van der Waals surface area (Å²) in [7, 11) is 1.54. The van der Waals surface area contributed by atoms with Gasteiger partial charge in [-0.3, -0.25) is 0 Å². The van der Waals surface area contributed by atoms with E-state index in [2.05, 4.69) is 15.9 Å². The van der Waals surface area contributed by atoms with Crippen LogP contribution in [0.2, 0.25) is 0 Å². The smallest absolute Gasteiger partial charge is 0.344 e. The third kappa shape index (κ3) is 5.02. The van der Waals surface area contributed by atoms with Crippen LogP contribution in [0.3, 0.4) is 0 Å². The highest BCUT2D eigenvalue weighted by Crippen LogP contribution is 2.36. The second-order valence-electron chi connectivity index (χ2n) is 4.18. The van der Waals surface area contributed by atoms with E-state index in [0.29, 0.717) is 29.1 Å². The summed E-state index contributed by atoms with van der Waals surface area (Å²) in [6.45, 7) is 2.70. The van der Waals surface area contributed by atoms with E-state index in [9.17, 15) is 4.79 Å². The molecule has 0 aromatic heterocycles. The maximum Gasteiger partial charge on any atom is 0.344 e. The van der Waals surface area contributed by atoms with Crippen molar-refractivity contribution in [3.63, 3.8) is 0 Å². The molecular formula is C14H20BrNO4. The fourth-order valence-electron chi connectivity index (χ4n) is 1.53. The van der Waals surface area contributed by atoms with Crippen LogP contribution in [0.4, 0.5) is 0 Å². The highest BCUT2D eigenvalue weighted by molar-refractivity contribution is 9.10. The lowest BCUT2D eigenvalue weighted by atomic mass is 10.2. The van der Waals surface area contributed by atoms with Crippen LogP contribution in [0, 0.1) is 0 Å². The van der Waals surface area contributed by atoms with Crippen LogP contribution in [0.5, 0.6) is 11.5 Å². The second kappa shape index (κ2) is 8.81. The summed E-state index contributed by atoms with van der Waals surface area (Å²) < 4.78 is 16.4. The Morgan fingerprint density at radius 2 is 2.15 bits per heavy atom. The van der Waals surface area contributed by atoms with E-state index in [1.807, 2.05) is 13.0 Å². The monoisotopic (exact) mass is 345 g/mol. The van der Waals surface area contributed by atoms with Crippen molar-refractivity contribution in [2.24, 2.45) is 5.73 Å². The van der Waals surface area contributed by atoms with Crippen molar-refractivity contribution in [1.82, 2.24) is 0 Å². The first kappa shape index (κ1) is 16.8. The molecule has 0 amide bonds. The van der Waals surface area contributed by atoms with Crippen molar-refractivity contribution < 1.29 is 19.0 Å². The van der Waals surface area contributed by atoms with Crippen LogP contribution < -0.4 is 15.2 Å². The number of rotatable bonds is 8. The van der Waals surface area contributed by atoms with Crippen LogP contribution in [0.1, 0.15) is 25.3 Å². The number of carbonyl (C=O) groups is 1. The Bertz CT molecular complexity index is 451. The Labute approximate surface area is 127 Å². The number of hydrogen-bond donors (Lipinski definition) is 1. The Morgan fingerprint density at radius 1 is 1.40 bits per heavy atom. The van der Waals surface area contributed by atoms with Gasteiger partial charge in [-0.15, -0.1) is 0 Å². The van der Waals surface area contributed by atoms with E-state index in [4.69, 9.17) is 19.9 Å². The van der Waals surface area contributed by atoms with E-state index in [1.54, 1.807) is 6.07 Å². The first-order chi connectivity index (χ1) is 9.62. The summed E-state index contributed by atoms with van der Waals surface area (Å²) in [5.41, 5.74) is 6.50. The van der Waals surface area contributed by atoms with Crippen LogP contribution in [0.15, 0.2) is 16.6 Å². The SMILES string of the molecule is CCCCOC(=O)COc1c(Br)cc(CN)cc1OC. The van der Waals surface area contributed by atoms with Gasteiger partial charge in [0.25, 0.3) is 0 Å². The number of carbonyl (C=O) groups excluding carboxylic acids is 1. The summed E-state index contributed by atoms with van der Waals surface area (Å²) in [4.78, 5) is 11.5. The van der Waals surface area contributed by atoms with E-state index in [0.717, 1.165) is 18.4 Å². The van der Waals surface area contributed by atoms with Gasteiger partial charge in [0.15, 0.2) is 18.1 Å². The average molecular weight is 346 g/mol. The summed E-state index contributed by atoms with van der Waals surface area (Å²) >= 11 is 3.38. The molecular weight excluding hydrogens is 326 g/mol. The second-order valence-corrected chi connectivity index (χ2v) is 5.03. The zero-order valence-electron chi connectivity index (χ0n) is 11.8. The topological polar surface area (TPSA) is 70.8 Å². The predicted octanol–water partition coefficient (Wildman–Crippen LogP) is 2.64. The molecule has 0 bridgehead atoms. The maximum atomic E-state index is 11.5. The maximum absolute atomic E-state index is 11.5. The van der Waals surface area contributed by atoms with E-state index in [1.165, 1.54) is 7.11 Å². The third-order valence-corrected chi connectivity index (χ3v) is 3.21. The van der Waals surface area contributed by atoms with Gasteiger partial charge in [-0.1, -0.05) is 13.3 Å². The molecule has 112 valence electrons. The summed E-state index contributed by atoms with van der Waals surface area (Å²) in [5.74, 6) is 0.605. The molecule has 0 atom stereocenters. The number of ether oxygens (including phenoxy) is 3. The van der Waals surface area contributed by atoms with Gasteiger partial charge in [0.2, 0.25) is 0 Å². The minimum absolute atomic E-state index is 0.152. The molecule has 0 aliphatic carbocycles. The van der Waals surface area contributed by atoms with Gasteiger partial charge < -0.3 is 19.9 Å². The highest BCUT2D eigenvalue weighted by atomic mass is 79.9. The minimum atomic E-state index is -0.393. The molecule has 0 unspecified atom stereocenters. The standard InChI is InChI=1S/C14H20BrNO4/c1-3-4-5-19-13(17)9-20-14-11(15)6-10(8-16)7-12(14)18-2/h6-7H,3-5,8-9,16H2,1-2H3. The van der Waals surface area contributed by atoms with Gasteiger partial charge in [-0.05, 0) is 40.0 Å². The van der Waals surface area contributed by atoms with Crippen molar-refractivity contribution in [3.05, 3.63) is 22.2 Å². The lowest BCUT2D eigenvalue weighted by molar-refractivity contribution is -0.146. The number of nitrogens with two attached hydrogens (primary N) is 1. The first-order valence-electron chi connectivity index (χ1n) is 6.47. The van der Waals surface area contributed by atoms with Gasteiger partial charge in [-0.25, -0.2) is 4.79 Å². The van der Waals surface area contributed by atoms with Crippen molar-refractivity contribution in [1.29, 1.82) is 0 Å². The fraction of sp³-hybridized carbons (Fsp3) is 0.500. The van der Waals surface area contributed by atoms with E-state index in [-0.39, 0.29) is 6.61 Å². The third-order valence-electron chi connectivity index (χ3n) is 2.62. The number of esters is 1. The number of benzene rings is 1. The summed E-state index contributed by atoms with van der Waals surface area (Å²) in [6.07, 6.45) is 1.83. The lowest BCUT2D eigenvalue weighted by Crippen LogP contribution is -2.16. The molecule has 5 nitrogen and oxygen atoms in total. The fourth-order valence-corrected chi connectivity index (χ4v) is 2.14. The van der Waals surface area contributed by atoms with Crippen LogP contribution in [-0.2, 0) is 16.1 Å². The Balaban J connectivity index is 2.65. The van der Waals surface area contributed by atoms with Crippen LogP contribution in [0.25, 0.3) is 0 Å². The normalized spacial score (nSPS) is 10.2. The number of methoxy groups -OCH3 is 1. The Hall–Kier alpha value is -1.27. The molecule has 2 N–H and O–H groups in total. The molecule has 0 aliphatic heterocycles. The van der Waals surface area contributed by atoms with Crippen LogP contribution >= 0.6 is 15.9 Å². The summed E-state index contributed by atoms with van der Waals surface area (Å²) in [6, 6.07) is 3.61. The van der Waals surface area contributed by atoms with Gasteiger partial charge in [0, 0.05) is 6.54 Å². The lowest BCUT2D eigenvalue weighted by Gasteiger charge is -2.13. The molecule has 0 saturated heterocycles. The van der Waals surface area contributed by atoms with Gasteiger partial charge in [0.1, 0.15) is 0 Å². The molecule has 0 fully saturated rings. The minimum Gasteiger partial charge on any atom is -0.493 e. The Kier molecular flexibility index (Phi) is 7.40.